The first-order valence-electron chi connectivity index (χ1n) is 3.32. The smallest absolute Gasteiger partial charge is 0.0689 e. The first-order chi connectivity index (χ1) is 3.81. The zero-order valence-electron chi connectivity index (χ0n) is 5.02. The van der Waals surface area contributed by atoms with E-state index in [1.165, 1.54) is 25.7 Å². The van der Waals surface area contributed by atoms with Crippen LogP contribution in [-0.2, 0) is 4.74 Å². The first-order valence-corrected chi connectivity index (χ1v) is 3.32. The van der Waals surface area contributed by atoms with Crippen LogP contribution in [0, 0.1) is 6.92 Å². The van der Waals surface area contributed by atoms with Crippen LogP contribution in [-0.4, -0.2) is 11.7 Å². The molecule has 0 unspecified atom stereocenters. The van der Waals surface area contributed by atoms with Gasteiger partial charge in [0.15, 0.2) is 0 Å². The fraction of sp³-hybridized carbons (Fsp3) is 0.857. The quantitative estimate of drug-likeness (QED) is 0.460. The molecule has 1 atom stereocenters. The number of hydrogen-bond acceptors (Lipinski definition) is 1. The summed E-state index contributed by atoms with van der Waals surface area (Å²) in [5.74, 6) is 0. The summed E-state index contributed by atoms with van der Waals surface area (Å²) in [4.78, 5) is 0. The van der Waals surface area contributed by atoms with Crippen LogP contribution in [0.25, 0.3) is 0 Å². The van der Waals surface area contributed by atoms with Gasteiger partial charge in [-0.15, -0.1) is 0 Å². The van der Waals surface area contributed by atoms with Crippen molar-refractivity contribution < 1.29 is 4.74 Å². The van der Waals surface area contributed by atoms with Gasteiger partial charge in [0.25, 0.3) is 0 Å². The van der Waals surface area contributed by atoms with Crippen molar-refractivity contribution in [1.29, 1.82) is 0 Å². The largest absolute Gasteiger partial charge is 0.372 e. The predicted molar refractivity (Wildman–Crippen MR) is 31.4 cm³/mol. The minimum Gasteiger partial charge on any atom is -0.372 e. The number of rotatable bonds is 0. The first kappa shape index (κ1) is 4.80. The summed E-state index contributed by atoms with van der Waals surface area (Å²) >= 11 is 0. The maximum atomic E-state index is 5.55. The van der Waals surface area contributed by atoms with E-state index in [-0.39, 0.29) is 0 Å². The highest BCUT2D eigenvalue weighted by Crippen LogP contribution is 2.49. The zero-order valence-corrected chi connectivity index (χ0v) is 5.02. The van der Waals surface area contributed by atoms with Crippen LogP contribution in [0.15, 0.2) is 0 Å². The SMILES string of the molecule is [CH2][C@@H]1CCC2(CC2)O1. The molecule has 8 heavy (non-hydrogen) atoms. The lowest BCUT2D eigenvalue weighted by Gasteiger charge is -2.05. The molecule has 1 radical (unpaired) electrons. The molecule has 1 saturated carbocycles. The molecule has 0 aromatic carbocycles. The second-order valence-corrected chi connectivity index (χ2v) is 2.96. The average molecular weight is 111 g/mol. The molecule has 1 aliphatic heterocycles. The highest BCUT2D eigenvalue weighted by atomic mass is 16.5. The zero-order chi connectivity index (χ0) is 5.61. The molecule has 1 aliphatic carbocycles. The fourth-order valence-corrected chi connectivity index (χ4v) is 1.40. The fourth-order valence-electron chi connectivity index (χ4n) is 1.40. The monoisotopic (exact) mass is 111 g/mol. The van der Waals surface area contributed by atoms with Crippen molar-refractivity contribution in [2.24, 2.45) is 0 Å². The van der Waals surface area contributed by atoms with E-state index in [9.17, 15) is 0 Å². The van der Waals surface area contributed by atoms with Gasteiger partial charge in [0.05, 0.1) is 11.7 Å². The predicted octanol–water partition coefficient (Wildman–Crippen LogP) is 1.53. The van der Waals surface area contributed by atoms with Gasteiger partial charge in [-0.05, 0) is 32.6 Å². The van der Waals surface area contributed by atoms with Crippen molar-refractivity contribution in [2.75, 3.05) is 0 Å². The van der Waals surface area contributed by atoms with Gasteiger partial charge >= 0.3 is 0 Å². The van der Waals surface area contributed by atoms with E-state index in [1.54, 1.807) is 0 Å². The van der Waals surface area contributed by atoms with Crippen LogP contribution in [0.5, 0.6) is 0 Å². The van der Waals surface area contributed by atoms with E-state index >= 15 is 0 Å². The second kappa shape index (κ2) is 1.27. The third kappa shape index (κ3) is 0.576. The molecule has 1 heteroatoms. The van der Waals surface area contributed by atoms with Gasteiger partial charge in [-0.2, -0.15) is 0 Å². The van der Waals surface area contributed by atoms with Gasteiger partial charge in [0.1, 0.15) is 0 Å². The molecular weight excluding hydrogens is 100 g/mol. The van der Waals surface area contributed by atoms with Gasteiger partial charge in [0, 0.05) is 0 Å². The Morgan fingerprint density at radius 1 is 1.38 bits per heavy atom. The Hall–Kier alpha value is -0.0400. The summed E-state index contributed by atoms with van der Waals surface area (Å²) in [5.41, 5.74) is 0.354. The van der Waals surface area contributed by atoms with Crippen LogP contribution in [0.3, 0.4) is 0 Å². The van der Waals surface area contributed by atoms with E-state index in [0.29, 0.717) is 11.7 Å². The number of ether oxygens (including phenoxy) is 1. The lowest BCUT2D eigenvalue weighted by molar-refractivity contribution is 0.0515. The van der Waals surface area contributed by atoms with Crippen molar-refractivity contribution in [3.63, 3.8) is 0 Å². The van der Waals surface area contributed by atoms with Crippen LogP contribution >= 0.6 is 0 Å². The third-order valence-corrected chi connectivity index (χ3v) is 2.15. The Kier molecular flexibility index (Phi) is 0.762. The maximum Gasteiger partial charge on any atom is 0.0689 e. The summed E-state index contributed by atoms with van der Waals surface area (Å²) in [6.45, 7) is 3.85. The molecule has 0 aromatic rings. The molecule has 0 amide bonds. The lowest BCUT2D eigenvalue weighted by Crippen LogP contribution is -2.07. The molecular formula is C7H11O. The van der Waals surface area contributed by atoms with Crippen LogP contribution in [0.2, 0.25) is 0 Å². The normalized spacial score (nSPS) is 40.9. The molecule has 1 nitrogen and oxygen atoms in total. The van der Waals surface area contributed by atoms with Gasteiger partial charge in [-0.1, -0.05) is 0 Å². The van der Waals surface area contributed by atoms with E-state index in [4.69, 9.17) is 4.74 Å². The maximum absolute atomic E-state index is 5.55. The minimum atomic E-state index is 0.303. The molecule has 2 aliphatic rings. The molecule has 0 N–H and O–H groups in total. The summed E-state index contributed by atoms with van der Waals surface area (Å²) in [5, 5.41) is 0. The topological polar surface area (TPSA) is 9.23 Å². The summed E-state index contributed by atoms with van der Waals surface area (Å²) < 4.78 is 5.55. The molecule has 0 aromatic heterocycles. The summed E-state index contributed by atoms with van der Waals surface area (Å²) in [7, 11) is 0. The standard InChI is InChI=1S/C7H11O/c1-6-2-3-7(8-6)4-5-7/h6H,1-5H2/t6-/m1/s1. The second-order valence-electron chi connectivity index (χ2n) is 2.96. The van der Waals surface area contributed by atoms with Crippen molar-refractivity contribution >= 4 is 0 Å². The molecule has 2 fully saturated rings. The summed E-state index contributed by atoms with van der Waals surface area (Å²) in [6, 6.07) is 0. The van der Waals surface area contributed by atoms with Crippen molar-refractivity contribution in [3.8, 4) is 0 Å². The minimum absolute atomic E-state index is 0.303. The molecule has 2 rings (SSSR count). The van der Waals surface area contributed by atoms with Gasteiger partial charge < -0.3 is 4.74 Å². The molecule has 0 bridgehead atoms. The van der Waals surface area contributed by atoms with Gasteiger partial charge in [-0.3, -0.25) is 0 Å². The van der Waals surface area contributed by atoms with E-state index in [2.05, 4.69) is 6.92 Å². The Balaban J connectivity index is 2.03. The Morgan fingerprint density at radius 3 is 2.38 bits per heavy atom. The lowest BCUT2D eigenvalue weighted by atomic mass is 10.2. The molecule has 1 saturated heterocycles. The van der Waals surface area contributed by atoms with Crippen LogP contribution in [0.4, 0.5) is 0 Å². The van der Waals surface area contributed by atoms with Gasteiger partial charge in [-0.25, -0.2) is 0 Å². The average Bonchev–Trinajstić information content (AvgIpc) is 2.34. The van der Waals surface area contributed by atoms with E-state index in [1.807, 2.05) is 0 Å². The van der Waals surface area contributed by atoms with Gasteiger partial charge in [0.2, 0.25) is 0 Å². The molecule has 45 valence electrons. The van der Waals surface area contributed by atoms with E-state index < -0.39 is 0 Å². The van der Waals surface area contributed by atoms with Crippen molar-refractivity contribution in [3.05, 3.63) is 6.92 Å². The Bertz CT molecular complexity index is 105. The molecule has 1 heterocycles. The van der Waals surface area contributed by atoms with Crippen LogP contribution < -0.4 is 0 Å². The summed E-state index contributed by atoms with van der Waals surface area (Å²) in [6.07, 6.45) is 5.33. The van der Waals surface area contributed by atoms with Crippen molar-refractivity contribution in [1.82, 2.24) is 0 Å². The highest BCUT2D eigenvalue weighted by Gasteiger charge is 2.48. The van der Waals surface area contributed by atoms with Crippen LogP contribution in [0.1, 0.15) is 25.7 Å². The number of hydrogen-bond donors (Lipinski definition) is 0. The Labute approximate surface area is 50.0 Å². The Morgan fingerprint density at radius 2 is 2.12 bits per heavy atom. The third-order valence-electron chi connectivity index (χ3n) is 2.15. The van der Waals surface area contributed by atoms with Crippen molar-refractivity contribution in [2.45, 2.75) is 37.4 Å². The highest BCUT2D eigenvalue weighted by molar-refractivity contribution is 5.01. The molecule has 1 spiro atoms. The van der Waals surface area contributed by atoms with E-state index in [0.717, 1.165) is 0 Å².